The van der Waals surface area contributed by atoms with Crippen LogP contribution in [0, 0.1) is 3.57 Å². The molecule has 0 saturated carbocycles. The SMILES string of the molecule is CCc1nnsc1C(=O)Oc1ccc(I)cc1. The molecule has 0 unspecified atom stereocenters. The van der Waals surface area contributed by atoms with Gasteiger partial charge in [-0.2, -0.15) is 0 Å². The average Bonchev–Trinajstić information content (AvgIpc) is 2.80. The number of benzene rings is 1. The van der Waals surface area contributed by atoms with Crippen LogP contribution >= 0.6 is 34.1 Å². The van der Waals surface area contributed by atoms with Crippen molar-refractivity contribution >= 4 is 40.1 Å². The number of aryl methyl sites for hydroxylation is 1. The number of halogens is 1. The minimum absolute atomic E-state index is 0.391. The van der Waals surface area contributed by atoms with E-state index in [9.17, 15) is 4.79 Å². The number of nitrogens with zero attached hydrogens (tertiary/aromatic N) is 2. The molecule has 0 N–H and O–H groups in total. The number of ether oxygens (including phenoxy) is 1. The Balaban J connectivity index is 2.14. The van der Waals surface area contributed by atoms with E-state index in [2.05, 4.69) is 32.2 Å². The van der Waals surface area contributed by atoms with Gasteiger partial charge in [0, 0.05) is 3.57 Å². The highest BCUT2D eigenvalue weighted by Crippen LogP contribution is 2.18. The minimum atomic E-state index is -0.391. The monoisotopic (exact) mass is 360 g/mol. The summed E-state index contributed by atoms with van der Waals surface area (Å²) in [5, 5.41) is 3.88. The van der Waals surface area contributed by atoms with Gasteiger partial charge in [-0.15, -0.1) is 5.10 Å². The second-order valence-corrected chi connectivity index (χ2v) is 5.25. The van der Waals surface area contributed by atoms with Crippen molar-refractivity contribution in [3.63, 3.8) is 0 Å². The third-order valence-corrected chi connectivity index (χ3v) is 3.57. The number of hydrogen-bond donors (Lipinski definition) is 0. The molecule has 6 heteroatoms. The highest BCUT2D eigenvalue weighted by atomic mass is 127. The second kappa shape index (κ2) is 5.54. The normalized spacial score (nSPS) is 10.2. The van der Waals surface area contributed by atoms with Crippen molar-refractivity contribution in [1.29, 1.82) is 0 Å². The maximum Gasteiger partial charge on any atom is 0.357 e. The van der Waals surface area contributed by atoms with Crippen LogP contribution in [0.25, 0.3) is 0 Å². The van der Waals surface area contributed by atoms with Crippen molar-refractivity contribution < 1.29 is 9.53 Å². The maximum atomic E-state index is 11.8. The summed E-state index contributed by atoms with van der Waals surface area (Å²) in [5.74, 6) is 0.143. The Labute approximate surface area is 116 Å². The highest BCUT2D eigenvalue weighted by molar-refractivity contribution is 14.1. The number of rotatable bonds is 3. The molecule has 0 aliphatic carbocycles. The van der Waals surface area contributed by atoms with Gasteiger partial charge in [-0.1, -0.05) is 11.4 Å². The summed E-state index contributed by atoms with van der Waals surface area (Å²) in [7, 11) is 0. The summed E-state index contributed by atoms with van der Waals surface area (Å²) in [6, 6.07) is 7.29. The van der Waals surface area contributed by atoms with E-state index in [0.29, 0.717) is 22.7 Å². The van der Waals surface area contributed by atoms with E-state index in [1.54, 1.807) is 12.1 Å². The van der Waals surface area contributed by atoms with Gasteiger partial charge in [0.2, 0.25) is 0 Å². The van der Waals surface area contributed by atoms with Gasteiger partial charge in [-0.25, -0.2) is 4.79 Å². The van der Waals surface area contributed by atoms with Crippen LogP contribution in [0.1, 0.15) is 22.3 Å². The molecule has 1 heterocycles. The first-order valence-electron chi connectivity index (χ1n) is 4.99. The fourth-order valence-electron chi connectivity index (χ4n) is 1.25. The summed E-state index contributed by atoms with van der Waals surface area (Å²) in [4.78, 5) is 12.3. The molecule has 0 spiro atoms. The second-order valence-electron chi connectivity index (χ2n) is 3.25. The van der Waals surface area contributed by atoms with E-state index in [4.69, 9.17) is 4.74 Å². The topological polar surface area (TPSA) is 52.1 Å². The lowest BCUT2D eigenvalue weighted by molar-refractivity contribution is 0.0738. The Morgan fingerprint density at radius 1 is 1.41 bits per heavy atom. The Kier molecular flexibility index (Phi) is 4.06. The van der Waals surface area contributed by atoms with Crippen LogP contribution < -0.4 is 4.74 Å². The molecule has 0 bridgehead atoms. The van der Waals surface area contributed by atoms with Gasteiger partial charge in [-0.05, 0) is 64.8 Å². The predicted molar refractivity (Wildman–Crippen MR) is 73.4 cm³/mol. The van der Waals surface area contributed by atoms with Crippen LogP contribution in [0.4, 0.5) is 0 Å². The standard InChI is InChI=1S/C11H9IN2O2S/c1-2-9-10(17-14-13-9)11(15)16-8-5-3-7(12)4-6-8/h3-6H,2H2,1H3. The average molecular weight is 360 g/mol. The van der Waals surface area contributed by atoms with Crippen LogP contribution in [-0.4, -0.2) is 15.6 Å². The molecule has 0 radical (unpaired) electrons. The third kappa shape index (κ3) is 3.01. The molecule has 0 amide bonds. The van der Waals surface area contributed by atoms with Gasteiger partial charge in [-0.3, -0.25) is 0 Å². The van der Waals surface area contributed by atoms with Crippen LogP contribution in [0.15, 0.2) is 24.3 Å². The zero-order chi connectivity index (χ0) is 12.3. The molecular formula is C11H9IN2O2S. The quantitative estimate of drug-likeness (QED) is 0.480. The van der Waals surface area contributed by atoms with Gasteiger partial charge >= 0.3 is 5.97 Å². The highest BCUT2D eigenvalue weighted by Gasteiger charge is 2.17. The molecular weight excluding hydrogens is 351 g/mol. The zero-order valence-corrected chi connectivity index (χ0v) is 12.0. The van der Waals surface area contributed by atoms with Crippen molar-refractivity contribution in [3.05, 3.63) is 38.4 Å². The lowest BCUT2D eigenvalue weighted by atomic mass is 10.3. The number of carbonyl (C=O) groups excluding carboxylic acids is 1. The minimum Gasteiger partial charge on any atom is -0.422 e. The molecule has 2 rings (SSSR count). The predicted octanol–water partition coefficient (Wildman–Crippen LogP) is 2.92. The Hall–Kier alpha value is -1.02. The lowest BCUT2D eigenvalue weighted by Crippen LogP contribution is -2.09. The first-order chi connectivity index (χ1) is 8.20. The van der Waals surface area contributed by atoms with Crippen molar-refractivity contribution in [1.82, 2.24) is 9.59 Å². The summed E-state index contributed by atoms with van der Waals surface area (Å²) in [6.07, 6.45) is 0.674. The first kappa shape index (κ1) is 12.4. The van der Waals surface area contributed by atoms with Gasteiger partial charge in [0.25, 0.3) is 0 Å². The molecule has 17 heavy (non-hydrogen) atoms. The van der Waals surface area contributed by atoms with Crippen LogP contribution in [0.5, 0.6) is 5.75 Å². The van der Waals surface area contributed by atoms with Gasteiger partial charge in [0.05, 0.1) is 5.69 Å². The number of esters is 1. The maximum absolute atomic E-state index is 11.8. The van der Waals surface area contributed by atoms with Gasteiger partial charge in [0.15, 0.2) is 4.88 Å². The summed E-state index contributed by atoms with van der Waals surface area (Å²) < 4.78 is 10.1. The summed E-state index contributed by atoms with van der Waals surface area (Å²) in [6.45, 7) is 1.93. The van der Waals surface area contributed by atoms with E-state index in [1.165, 1.54) is 0 Å². The van der Waals surface area contributed by atoms with E-state index < -0.39 is 5.97 Å². The van der Waals surface area contributed by atoms with E-state index in [1.807, 2.05) is 19.1 Å². The molecule has 0 aliphatic heterocycles. The van der Waals surface area contributed by atoms with Crippen LogP contribution in [0.2, 0.25) is 0 Å². The first-order valence-corrected chi connectivity index (χ1v) is 6.85. The molecule has 0 saturated heterocycles. The Bertz CT molecular complexity index is 525. The number of hydrogen-bond acceptors (Lipinski definition) is 5. The van der Waals surface area contributed by atoms with E-state index in [0.717, 1.165) is 15.1 Å². The fourth-order valence-corrected chi connectivity index (χ4v) is 2.24. The smallest absolute Gasteiger partial charge is 0.357 e. The molecule has 1 aromatic carbocycles. The van der Waals surface area contributed by atoms with Crippen molar-refractivity contribution in [3.8, 4) is 5.75 Å². The fraction of sp³-hybridized carbons (Fsp3) is 0.182. The van der Waals surface area contributed by atoms with Crippen molar-refractivity contribution in [2.24, 2.45) is 0 Å². The summed E-state index contributed by atoms with van der Waals surface area (Å²) in [5.41, 5.74) is 0.686. The third-order valence-electron chi connectivity index (χ3n) is 2.10. The Morgan fingerprint density at radius 2 is 2.12 bits per heavy atom. The van der Waals surface area contributed by atoms with Gasteiger partial charge in [0.1, 0.15) is 5.75 Å². The molecule has 0 atom stereocenters. The molecule has 0 aliphatic rings. The van der Waals surface area contributed by atoms with E-state index >= 15 is 0 Å². The Morgan fingerprint density at radius 3 is 2.76 bits per heavy atom. The molecule has 0 fully saturated rings. The van der Waals surface area contributed by atoms with E-state index in [-0.39, 0.29) is 0 Å². The van der Waals surface area contributed by atoms with Gasteiger partial charge < -0.3 is 4.74 Å². The zero-order valence-electron chi connectivity index (χ0n) is 9.01. The molecule has 2 aromatic rings. The largest absolute Gasteiger partial charge is 0.422 e. The van der Waals surface area contributed by atoms with Crippen molar-refractivity contribution in [2.75, 3.05) is 0 Å². The summed E-state index contributed by atoms with van der Waals surface area (Å²) >= 11 is 3.26. The number of carbonyl (C=O) groups is 1. The molecule has 88 valence electrons. The molecule has 1 aromatic heterocycles. The van der Waals surface area contributed by atoms with Crippen LogP contribution in [-0.2, 0) is 6.42 Å². The van der Waals surface area contributed by atoms with Crippen molar-refractivity contribution in [2.45, 2.75) is 13.3 Å². The number of aromatic nitrogens is 2. The lowest BCUT2D eigenvalue weighted by Gasteiger charge is -2.02. The van der Waals surface area contributed by atoms with Crippen LogP contribution in [0.3, 0.4) is 0 Å². The molecule has 4 nitrogen and oxygen atoms in total.